The van der Waals surface area contributed by atoms with Crippen molar-refractivity contribution >= 4 is 24.3 Å². The van der Waals surface area contributed by atoms with Crippen LogP contribution < -0.4 is 0 Å². The van der Waals surface area contributed by atoms with Gasteiger partial charge in [0.15, 0.2) is 0 Å². The number of rotatable bonds is 0. The molecule has 0 fully saturated rings. The van der Waals surface area contributed by atoms with Crippen LogP contribution in [-0.4, -0.2) is 34.6 Å². The average Bonchev–Trinajstić information content (AvgIpc) is 1.33. The summed E-state index contributed by atoms with van der Waals surface area (Å²) in [7, 11) is 0. The second-order valence-electron chi connectivity index (χ2n) is 0.321. The van der Waals surface area contributed by atoms with E-state index in [9.17, 15) is 0 Å². The summed E-state index contributed by atoms with van der Waals surface area (Å²) < 4.78 is 17.1. The Morgan fingerprint density at radius 3 is 1.50 bits per heavy atom. The summed E-state index contributed by atoms with van der Waals surface area (Å²) in [5.74, 6) is 0. The maximum atomic E-state index is 8.57. The van der Waals surface area contributed by atoms with E-state index in [1.54, 1.807) is 0 Å². The van der Waals surface area contributed by atoms with Gasteiger partial charge in [0.2, 0.25) is 0 Å². The van der Waals surface area contributed by atoms with Gasteiger partial charge in [-0.25, -0.2) is 0 Å². The van der Waals surface area contributed by atoms with E-state index in [4.69, 9.17) is 20.7 Å². The molecule has 1 radical (unpaired) electrons. The van der Waals surface area contributed by atoms with E-state index < -0.39 is 29.3 Å². The maximum absolute atomic E-state index is 8.57. The standard InChI is InChI=1S/Mn.HNO3.2O.Pb/c;2-1(3)4;;;/h;(H,2,3,4);;;. The molecule has 0 saturated carbocycles. The van der Waals surface area contributed by atoms with Gasteiger partial charge in [-0.2, -0.15) is 0 Å². The van der Waals surface area contributed by atoms with Crippen LogP contribution in [0.15, 0.2) is 0 Å². The Labute approximate surface area is 67.0 Å². The van der Waals surface area contributed by atoms with Crippen molar-refractivity contribution in [2.24, 2.45) is 0 Å². The first-order chi connectivity index (χ1) is 3.15. The van der Waals surface area contributed by atoms with E-state index in [0.717, 1.165) is 0 Å². The summed E-state index contributed by atoms with van der Waals surface area (Å²) in [6.07, 6.45) is 0. The Hall–Kier alpha value is 0.242. The minimum absolute atomic E-state index is 0. The van der Waals surface area contributed by atoms with Crippen LogP contribution in [0.5, 0.6) is 0 Å². The third kappa shape index (κ3) is 2940. The molecular weight excluding hydrogens is 356 g/mol. The molecule has 0 heterocycles. The molecule has 1 N–H and O–H groups in total. The molecule has 0 amide bonds. The fraction of sp³-hybridized carbons (Fsp3) is 0. The number of nitrogens with zero attached hydrogens (tertiary/aromatic N) is 1. The van der Waals surface area contributed by atoms with Crippen LogP contribution in [0.2, 0.25) is 0 Å². The van der Waals surface area contributed by atoms with Gasteiger partial charge in [0, 0.05) is 17.1 Å². The fourth-order valence-corrected chi connectivity index (χ4v) is 0. The molecule has 0 aliphatic heterocycles. The predicted molar refractivity (Wildman–Crippen MR) is 15.9 cm³/mol. The van der Waals surface area contributed by atoms with Gasteiger partial charge in [-0.1, -0.05) is 0 Å². The topological polar surface area (TPSA) is 97.5 Å². The van der Waals surface area contributed by atoms with Crippen LogP contribution in [0.1, 0.15) is 0 Å². The molecule has 0 bridgehead atoms. The molecule has 0 saturated heterocycles. The predicted octanol–water partition coefficient (Wildman–Crippen LogP) is -0.969. The van der Waals surface area contributed by atoms with Gasteiger partial charge in [-0.05, 0) is 0 Å². The summed E-state index contributed by atoms with van der Waals surface area (Å²) in [4.78, 5) is 8.36. The summed E-state index contributed by atoms with van der Waals surface area (Å²) in [6.45, 7) is 0. The Kier molecular flexibility index (Phi) is 30.8. The van der Waals surface area contributed by atoms with Crippen LogP contribution in [0.4, 0.5) is 0 Å². The number of hydrogen-bond acceptors (Lipinski definition) is 4. The quantitative estimate of drug-likeness (QED) is 0.342. The van der Waals surface area contributed by atoms with Crippen molar-refractivity contribution < 1.29 is 32.7 Å². The Morgan fingerprint density at radius 2 is 1.50 bits per heavy atom. The third-order valence-corrected chi connectivity index (χ3v) is 0. The molecule has 0 aliphatic carbocycles. The van der Waals surface area contributed by atoms with Crippen molar-refractivity contribution in [3.05, 3.63) is 10.1 Å². The zero-order chi connectivity index (χ0) is 6.28. The average molecular weight is 357 g/mol. The van der Waals surface area contributed by atoms with Crippen LogP contribution in [-0.2, 0) is 22.4 Å². The molecule has 0 aliphatic rings. The molecule has 0 aromatic rings. The van der Waals surface area contributed by atoms with E-state index in [2.05, 4.69) is 0 Å². The molecule has 0 rings (SSSR count). The molecule has 0 spiro atoms. The summed E-state index contributed by atoms with van der Waals surface area (Å²) in [6, 6.07) is 0. The van der Waals surface area contributed by atoms with Crippen LogP contribution >= 0.6 is 0 Å². The van der Waals surface area contributed by atoms with E-state index in [-0.39, 0.29) is 17.1 Å². The molecule has 8 heavy (non-hydrogen) atoms. The van der Waals surface area contributed by atoms with Crippen LogP contribution in [0.3, 0.4) is 0 Å². The van der Waals surface area contributed by atoms with Crippen molar-refractivity contribution in [1.29, 1.82) is 0 Å². The normalized spacial score (nSPS) is 4.00. The van der Waals surface area contributed by atoms with Crippen molar-refractivity contribution in [2.45, 2.75) is 0 Å². The van der Waals surface area contributed by atoms with E-state index in [1.807, 2.05) is 0 Å². The third-order valence-electron chi connectivity index (χ3n) is 0. The van der Waals surface area contributed by atoms with E-state index in [0.29, 0.717) is 0 Å². The molecule has 0 atom stereocenters. The van der Waals surface area contributed by atoms with Gasteiger partial charge in [-0.3, -0.25) is 0 Å². The monoisotopic (exact) mass is 358 g/mol. The molecule has 0 aromatic carbocycles. The van der Waals surface area contributed by atoms with E-state index in [1.165, 1.54) is 0 Å². The second-order valence-corrected chi connectivity index (χ2v) is 0.969. The summed E-state index contributed by atoms with van der Waals surface area (Å²) in [5, 5.41) is 13.6. The Bertz CT molecular complexity index is 80.4. The van der Waals surface area contributed by atoms with Gasteiger partial charge in [0.1, 0.15) is 0 Å². The summed E-state index contributed by atoms with van der Waals surface area (Å²) in [5.41, 5.74) is 0. The van der Waals surface area contributed by atoms with Gasteiger partial charge >= 0.3 is 29.6 Å². The minimum atomic E-state index is -2.42. The fourth-order valence-electron chi connectivity index (χ4n) is 0. The first kappa shape index (κ1) is 15.7. The van der Waals surface area contributed by atoms with Gasteiger partial charge in [-0.15, -0.1) is 10.1 Å². The van der Waals surface area contributed by atoms with Crippen molar-refractivity contribution in [2.75, 3.05) is 0 Å². The zero-order valence-electron chi connectivity index (χ0n) is 3.41. The Balaban J connectivity index is -0.0000000575. The molecular formula is HMnNO5Pb. The molecule has 0 aromatic heterocycles. The Morgan fingerprint density at radius 1 is 1.50 bits per heavy atom. The molecule has 6 nitrogen and oxygen atoms in total. The second kappa shape index (κ2) is 15.7. The van der Waals surface area contributed by atoms with Gasteiger partial charge < -0.3 is 5.21 Å². The molecule has 8 heteroatoms. The van der Waals surface area contributed by atoms with Crippen molar-refractivity contribution in [3.8, 4) is 0 Å². The van der Waals surface area contributed by atoms with Gasteiger partial charge in [0.05, 0.1) is 0 Å². The molecule has 47 valence electrons. The first-order valence-electron chi connectivity index (χ1n) is 0.973. The molecule has 0 unspecified atom stereocenters. The SMILES string of the molecule is O=[N+]([O-])O.[Mn].[O]=[Pb]=[O]. The van der Waals surface area contributed by atoms with Gasteiger partial charge in [0.25, 0.3) is 5.09 Å². The van der Waals surface area contributed by atoms with Crippen molar-refractivity contribution in [3.63, 3.8) is 0 Å². The van der Waals surface area contributed by atoms with E-state index >= 15 is 0 Å². The number of hydrogen-bond donors (Lipinski definition) is 1. The van der Waals surface area contributed by atoms with Crippen LogP contribution in [0, 0.1) is 10.1 Å². The first-order valence-corrected chi connectivity index (χ1v) is 4.15. The van der Waals surface area contributed by atoms with Crippen LogP contribution in [0.25, 0.3) is 0 Å². The summed E-state index contributed by atoms with van der Waals surface area (Å²) >= 11 is -2.42. The zero-order valence-corrected chi connectivity index (χ0v) is 8.47. The van der Waals surface area contributed by atoms with Crippen molar-refractivity contribution in [1.82, 2.24) is 0 Å².